The molecule has 3 unspecified atom stereocenters. The van der Waals surface area contributed by atoms with Gasteiger partial charge in [-0.15, -0.1) is 0 Å². The Labute approximate surface area is 217 Å². The second-order valence-corrected chi connectivity index (χ2v) is 10.8. The van der Waals surface area contributed by atoms with Gasteiger partial charge >= 0.3 is 5.97 Å². The van der Waals surface area contributed by atoms with Crippen LogP contribution in [0.4, 0.5) is 0 Å². The number of likely N-dealkylation sites (tertiary alicyclic amines) is 1. The van der Waals surface area contributed by atoms with Crippen molar-refractivity contribution >= 4 is 17.8 Å². The third kappa shape index (κ3) is 6.03. The molecule has 2 fully saturated rings. The van der Waals surface area contributed by atoms with E-state index in [-0.39, 0.29) is 35.3 Å². The van der Waals surface area contributed by atoms with E-state index in [1.165, 1.54) is 7.11 Å². The summed E-state index contributed by atoms with van der Waals surface area (Å²) >= 11 is 0. The average Bonchev–Trinajstić information content (AvgIpc) is 3.50. The topological polar surface area (TPSA) is 125 Å². The predicted molar refractivity (Wildman–Crippen MR) is 136 cm³/mol. The van der Waals surface area contributed by atoms with E-state index in [1.54, 1.807) is 41.3 Å². The zero-order chi connectivity index (χ0) is 26.7. The summed E-state index contributed by atoms with van der Waals surface area (Å²) in [6, 6.07) is 11.4. The molecule has 1 aromatic heterocycles. The molecule has 2 heterocycles. The monoisotopic (exact) mass is 506 g/mol. The first-order chi connectivity index (χ1) is 17.6. The average molecular weight is 507 g/mol. The van der Waals surface area contributed by atoms with Crippen LogP contribution in [0.1, 0.15) is 62.6 Å². The Morgan fingerprint density at radius 3 is 2.65 bits per heavy atom. The van der Waals surface area contributed by atoms with Crippen LogP contribution in [-0.2, 0) is 14.3 Å². The lowest BCUT2D eigenvalue weighted by atomic mass is 9.80. The summed E-state index contributed by atoms with van der Waals surface area (Å²) in [6.07, 6.45) is 2.58. The number of esters is 1. The molecule has 4 atom stereocenters. The van der Waals surface area contributed by atoms with Crippen LogP contribution in [-0.4, -0.2) is 60.0 Å². The molecule has 0 spiro atoms. The largest absolute Gasteiger partial charge is 0.469 e. The number of nitrogens with one attached hydrogen (secondary N) is 2. The van der Waals surface area contributed by atoms with Gasteiger partial charge in [0.1, 0.15) is 11.8 Å². The summed E-state index contributed by atoms with van der Waals surface area (Å²) < 4.78 is 10.8. The number of ether oxygens (including phenoxy) is 1. The fourth-order valence-corrected chi connectivity index (χ4v) is 5.43. The molecule has 9 nitrogen and oxygen atoms in total. The van der Waals surface area contributed by atoms with Gasteiger partial charge in [-0.1, -0.05) is 12.1 Å². The van der Waals surface area contributed by atoms with Gasteiger partial charge < -0.3 is 24.7 Å². The molecule has 2 N–H and O–H groups in total. The third-order valence-electron chi connectivity index (χ3n) is 7.01. The van der Waals surface area contributed by atoms with Crippen molar-refractivity contribution in [1.82, 2.24) is 15.5 Å². The second kappa shape index (κ2) is 10.8. The van der Waals surface area contributed by atoms with Gasteiger partial charge in [0.05, 0.1) is 24.7 Å². The maximum Gasteiger partial charge on any atom is 0.310 e. The fraction of sp³-hybridized carbons (Fsp3) is 0.500. The first kappa shape index (κ1) is 26.4. The molecule has 37 heavy (non-hydrogen) atoms. The number of nitriles is 1. The van der Waals surface area contributed by atoms with Crippen LogP contribution >= 0.6 is 0 Å². The minimum Gasteiger partial charge on any atom is -0.469 e. The van der Waals surface area contributed by atoms with Crippen molar-refractivity contribution in [3.63, 3.8) is 0 Å². The molecule has 1 aromatic carbocycles. The molecule has 2 aliphatic rings. The zero-order valence-corrected chi connectivity index (χ0v) is 21.7. The van der Waals surface area contributed by atoms with Gasteiger partial charge in [0.25, 0.3) is 5.91 Å². The minimum absolute atomic E-state index is 0.0821. The first-order valence-corrected chi connectivity index (χ1v) is 12.7. The molecule has 9 heteroatoms. The second-order valence-electron chi connectivity index (χ2n) is 10.8. The highest BCUT2D eigenvalue weighted by atomic mass is 16.5. The van der Waals surface area contributed by atoms with Crippen LogP contribution in [0.25, 0.3) is 11.3 Å². The van der Waals surface area contributed by atoms with Gasteiger partial charge in [-0.3, -0.25) is 14.4 Å². The van der Waals surface area contributed by atoms with Crippen LogP contribution in [0.2, 0.25) is 0 Å². The van der Waals surface area contributed by atoms with Crippen molar-refractivity contribution in [3.05, 3.63) is 47.7 Å². The number of carbonyl (C=O) groups excluding carboxylic acids is 3. The van der Waals surface area contributed by atoms with Crippen molar-refractivity contribution in [3.8, 4) is 17.4 Å². The number of amides is 2. The van der Waals surface area contributed by atoms with Crippen molar-refractivity contribution in [2.45, 2.75) is 70.1 Å². The highest BCUT2D eigenvalue weighted by Crippen LogP contribution is 2.33. The molecule has 0 bridgehead atoms. The van der Waals surface area contributed by atoms with E-state index < -0.39 is 17.9 Å². The van der Waals surface area contributed by atoms with Crippen molar-refractivity contribution in [2.24, 2.45) is 5.92 Å². The predicted octanol–water partition coefficient (Wildman–Crippen LogP) is 3.25. The molecule has 1 saturated carbocycles. The van der Waals surface area contributed by atoms with Crippen LogP contribution in [0.5, 0.6) is 0 Å². The summed E-state index contributed by atoms with van der Waals surface area (Å²) in [6.45, 7) is 6.74. The Balaban J connectivity index is 1.41. The number of nitrogens with zero attached hydrogens (tertiary/aromatic N) is 2. The normalized spacial score (nSPS) is 24.0. The van der Waals surface area contributed by atoms with Crippen molar-refractivity contribution in [2.75, 3.05) is 13.7 Å². The number of furan rings is 1. The number of benzene rings is 1. The Kier molecular flexibility index (Phi) is 7.69. The van der Waals surface area contributed by atoms with Crippen LogP contribution < -0.4 is 10.6 Å². The minimum atomic E-state index is -0.688. The fourth-order valence-electron chi connectivity index (χ4n) is 5.43. The standard InChI is InChI=1S/C28H34N4O5/c1-28(2,3)31-19-8-9-22(20(15-19)27(35)36-4)32-13-12-21(26(32)34)30-25(33)24-11-10-23(37-24)18-7-5-6-17(14-18)16-29/h5-7,10-11,14,19-22,31H,8-9,12-13,15H2,1-4H3,(H,30,33)/t19?,20?,21-,22?/m0/s1. The summed E-state index contributed by atoms with van der Waals surface area (Å²) in [7, 11) is 1.38. The van der Waals surface area contributed by atoms with Gasteiger partial charge in [0, 0.05) is 29.7 Å². The van der Waals surface area contributed by atoms with Crippen LogP contribution in [0, 0.1) is 17.2 Å². The summed E-state index contributed by atoms with van der Waals surface area (Å²) in [5.74, 6) is -0.857. The van der Waals surface area contributed by atoms with Gasteiger partial charge in [-0.2, -0.15) is 5.26 Å². The summed E-state index contributed by atoms with van der Waals surface area (Å²) in [5, 5.41) is 15.5. The summed E-state index contributed by atoms with van der Waals surface area (Å²) in [4.78, 5) is 40.6. The van der Waals surface area contributed by atoms with Gasteiger partial charge in [0.15, 0.2) is 5.76 Å². The quantitative estimate of drug-likeness (QED) is 0.576. The molecule has 196 valence electrons. The van der Waals surface area contributed by atoms with E-state index in [4.69, 9.17) is 14.4 Å². The number of carbonyl (C=O) groups is 3. The maximum atomic E-state index is 13.3. The Morgan fingerprint density at radius 1 is 1.16 bits per heavy atom. The van der Waals surface area contributed by atoms with Crippen LogP contribution in [0.3, 0.4) is 0 Å². The molecule has 1 saturated heterocycles. The molecule has 4 rings (SSSR count). The van der Waals surface area contributed by atoms with Gasteiger partial charge in [-0.05, 0) is 70.7 Å². The van der Waals surface area contributed by atoms with E-state index in [1.807, 2.05) is 0 Å². The maximum absolute atomic E-state index is 13.3. The number of hydrogen-bond donors (Lipinski definition) is 2. The lowest BCUT2D eigenvalue weighted by Gasteiger charge is -2.41. The molecular weight excluding hydrogens is 472 g/mol. The Morgan fingerprint density at radius 2 is 1.95 bits per heavy atom. The van der Waals surface area contributed by atoms with E-state index in [0.717, 1.165) is 6.42 Å². The highest BCUT2D eigenvalue weighted by molar-refractivity contribution is 5.96. The third-order valence-corrected chi connectivity index (χ3v) is 7.01. The SMILES string of the molecule is COC(=O)C1CC(NC(C)(C)C)CCC1N1CC[C@H](NC(=O)c2ccc(-c3cccc(C#N)c3)o2)C1=O. The molecule has 1 aliphatic heterocycles. The highest BCUT2D eigenvalue weighted by Gasteiger charge is 2.45. The smallest absolute Gasteiger partial charge is 0.310 e. The van der Waals surface area contributed by atoms with E-state index in [2.05, 4.69) is 37.5 Å². The lowest BCUT2D eigenvalue weighted by Crippen LogP contribution is -2.55. The van der Waals surface area contributed by atoms with Crippen LogP contribution in [0.15, 0.2) is 40.8 Å². The lowest BCUT2D eigenvalue weighted by molar-refractivity contribution is -0.151. The number of rotatable bonds is 6. The first-order valence-electron chi connectivity index (χ1n) is 12.7. The summed E-state index contributed by atoms with van der Waals surface area (Å²) in [5.41, 5.74) is 1.10. The molecule has 1 aliphatic carbocycles. The van der Waals surface area contributed by atoms with Crippen molar-refractivity contribution < 1.29 is 23.5 Å². The Hall–Kier alpha value is -3.64. The van der Waals surface area contributed by atoms with E-state index in [0.29, 0.717) is 42.7 Å². The number of methoxy groups -OCH3 is 1. The Bertz CT molecular complexity index is 1210. The zero-order valence-electron chi connectivity index (χ0n) is 21.7. The van der Waals surface area contributed by atoms with Crippen molar-refractivity contribution in [1.29, 1.82) is 5.26 Å². The van der Waals surface area contributed by atoms with E-state index >= 15 is 0 Å². The van der Waals surface area contributed by atoms with E-state index in [9.17, 15) is 14.4 Å². The molecule has 2 aromatic rings. The van der Waals surface area contributed by atoms with Gasteiger partial charge in [-0.25, -0.2) is 0 Å². The molecule has 2 amide bonds. The number of hydrogen-bond acceptors (Lipinski definition) is 7. The molecular formula is C28H34N4O5. The van der Waals surface area contributed by atoms with Gasteiger partial charge in [0.2, 0.25) is 5.91 Å². The molecule has 0 radical (unpaired) electrons.